The number of rotatable bonds is 4. The topological polar surface area (TPSA) is 65.4 Å². The Morgan fingerprint density at radius 3 is 2.70 bits per heavy atom. The maximum atomic E-state index is 9.69. The number of nitrogens with zero attached hydrogens (tertiary/aromatic N) is 1. The highest BCUT2D eigenvalue weighted by atomic mass is 32.1. The van der Waals surface area contributed by atoms with Gasteiger partial charge in [0.2, 0.25) is 0 Å². The van der Waals surface area contributed by atoms with E-state index in [1.54, 1.807) is 23.5 Å². The van der Waals surface area contributed by atoms with Gasteiger partial charge in [-0.2, -0.15) is 0 Å². The van der Waals surface area contributed by atoms with Crippen molar-refractivity contribution in [2.24, 2.45) is 0 Å². The van der Waals surface area contributed by atoms with Gasteiger partial charge in [-0.15, -0.1) is 11.3 Å². The zero-order valence-electron chi connectivity index (χ0n) is 10.7. The van der Waals surface area contributed by atoms with E-state index in [4.69, 9.17) is 0 Å². The van der Waals surface area contributed by atoms with Crippen LogP contribution in [0.1, 0.15) is 10.6 Å². The monoisotopic (exact) mass is 286 g/mol. The molecular weight excluding hydrogens is 272 g/mol. The number of aromatic nitrogens is 1. The second-order valence-corrected chi connectivity index (χ2v) is 5.61. The van der Waals surface area contributed by atoms with Gasteiger partial charge in [-0.05, 0) is 18.2 Å². The van der Waals surface area contributed by atoms with Crippen LogP contribution in [0, 0.1) is 0 Å². The predicted octanol–water partition coefficient (Wildman–Crippen LogP) is 3.00. The molecule has 20 heavy (non-hydrogen) atoms. The molecule has 0 fully saturated rings. The Labute approximate surface area is 120 Å². The number of fused-ring (bicyclic) bond motifs is 1. The lowest BCUT2D eigenvalue weighted by Gasteiger charge is -2.05. The average Bonchev–Trinajstić information content (AvgIpc) is 2.84. The van der Waals surface area contributed by atoms with Gasteiger partial charge in [0.1, 0.15) is 16.5 Å². The first-order valence-corrected chi connectivity index (χ1v) is 7.10. The largest absolute Gasteiger partial charge is 0.508 e. The fourth-order valence-electron chi connectivity index (χ4n) is 2.00. The highest BCUT2D eigenvalue weighted by Crippen LogP contribution is 2.23. The molecule has 0 amide bonds. The molecule has 0 bridgehead atoms. The number of para-hydroxylation sites is 1. The zero-order chi connectivity index (χ0) is 13.9. The van der Waals surface area contributed by atoms with E-state index >= 15 is 0 Å². The Hall–Kier alpha value is -2.11. The molecule has 0 saturated carbocycles. The standard InChI is InChI=1S/C15H14N2O2S/c18-11-6-5-10(13(19)7-11)8-16-9-15-17-12-3-1-2-4-14(12)20-15/h1-7,16,18-19H,8-9H2. The number of phenols is 2. The number of nitrogens with one attached hydrogen (secondary N) is 1. The van der Waals surface area contributed by atoms with E-state index < -0.39 is 0 Å². The van der Waals surface area contributed by atoms with Gasteiger partial charge >= 0.3 is 0 Å². The normalized spacial score (nSPS) is 11.0. The Bertz CT molecular complexity index is 707. The molecule has 2 aromatic carbocycles. The lowest BCUT2D eigenvalue weighted by atomic mass is 10.2. The minimum absolute atomic E-state index is 0.0671. The quantitative estimate of drug-likeness (QED) is 0.690. The molecule has 1 heterocycles. The number of aromatic hydroxyl groups is 2. The minimum Gasteiger partial charge on any atom is -0.508 e. The van der Waals surface area contributed by atoms with Crippen LogP contribution in [0.4, 0.5) is 0 Å². The van der Waals surface area contributed by atoms with Crippen LogP contribution < -0.4 is 5.32 Å². The molecule has 102 valence electrons. The van der Waals surface area contributed by atoms with E-state index in [1.807, 2.05) is 18.2 Å². The SMILES string of the molecule is Oc1ccc(CNCc2nc3ccccc3s2)c(O)c1. The van der Waals surface area contributed by atoms with Crippen molar-refractivity contribution in [2.75, 3.05) is 0 Å². The highest BCUT2D eigenvalue weighted by molar-refractivity contribution is 7.18. The summed E-state index contributed by atoms with van der Waals surface area (Å²) in [6.07, 6.45) is 0. The van der Waals surface area contributed by atoms with Crippen molar-refractivity contribution in [3.63, 3.8) is 0 Å². The van der Waals surface area contributed by atoms with Crippen LogP contribution in [-0.2, 0) is 13.1 Å². The molecule has 3 rings (SSSR count). The summed E-state index contributed by atoms with van der Waals surface area (Å²) in [5.41, 5.74) is 1.77. The van der Waals surface area contributed by atoms with Gasteiger partial charge in [0.15, 0.2) is 0 Å². The molecule has 0 aliphatic heterocycles. The molecule has 3 aromatic rings. The van der Waals surface area contributed by atoms with Crippen LogP contribution >= 0.6 is 11.3 Å². The molecule has 4 nitrogen and oxygen atoms in total. The molecule has 0 spiro atoms. The summed E-state index contributed by atoms with van der Waals surface area (Å²) in [6.45, 7) is 1.18. The predicted molar refractivity (Wildman–Crippen MR) is 79.9 cm³/mol. The van der Waals surface area contributed by atoms with Crippen LogP contribution in [0.15, 0.2) is 42.5 Å². The van der Waals surface area contributed by atoms with Crippen molar-refractivity contribution in [1.82, 2.24) is 10.3 Å². The van der Waals surface area contributed by atoms with Crippen molar-refractivity contribution in [3.05, 3.63) is 53.0 Å². The second kappa shape index (κ2) is 5.48. The van der Waals surface area contributed by atoms with E-state index in [9.17, 15) is 10.2 Å². The maximum Gasteiger partial charge on any atom is 0.123 e. The molecule has 5 heteroatoms. The van der Waals surface area contributed by atoms with Crippen molar-refractivity contribution < 1.29 is 10.2 Å². The van der Waals surface area contributed by atoms with Gasteiger partial charge in [-0.1, -0.05) is 18.2 Å². The Balaban J connectivity index is 1.64. The van der Waals surface area contributed by atoms with Crippen molar-refractivity contribution in [3.8, 4) is 11.5 Å². The minimum atomic E-state index is 0.0671. The lowest BCUT2D eigenvalue weighted by Crippen LogP contribution is -2.12. The fourth-order valence-corrected chi connectivity index (χ4v) is 2.94. The van der Waals surface area contributed by atoms with E-state index in [0.29, 0.717) is 13.1 Å². The third kappa shape index (κ3) is 2.74. The Kier molecular flexibility index (Phi) is 3.54. The number of benzene rings is 2. The molecule has 0 unspecified atom stereocenters. The van der Waals surface area contributed by atoms with Crippen LogP contribution in [-0.4, -0.2) is 15.2 Å². The first-order valence-electron chi connectivity index (χ1n) is 6.28. The van der Waals surface area contributed by atoms with Crippen LogP contribution in [0.3, 0.4) is 0 Å². The summed E-state index contributed by atoms with van der Waals surface area (Å²) in [5.74, 6) is 0.166. The van der Waals surface area contributed by atoms with Gasteiger partial charge in [0, 0.05) is 24.7 Å². The maximum absolute atomic E-state index is 9.69. The summed E-state index contributed by atoms with van der Waals surface area (Å²) in [6, 6.07) is 12.7. The first kappa shape index (κ1) is 12.9. The van der Waals surface area contributed by atoms with E-state index in [0.717, 1.165) is 16.1 Å². The number of phenolic OH excluding ortho intramolecular Hbond substituents is 2. The average molecular weight is 286 g/mol. The summed E-state index contributed by atoms with van der Waals surface area (Å²) < 4.78 is 1.18. The van der Waals surface area contributed by atoms with E-state index in [2.05, 4.69) is 16.4 Å². The van der Waals surface area contributed by atoms with Crippen molar-refractivity contribution in [1.29, 1.82) is 0 Å². The third-order valence-corrected chi connectivity index (χ3v) is 4.04. The molecule has 0 aliphatic carbocycles. The highest BCUT2D eigenvalue weighted by Gasteiger charge is 2.05. The van der Waals surface area contributed by atoms with E-state index in [-0.39, 0.29) is 11.5 Å². The van der Waals surface area contributed by atoms with Crippen LogP contribution in [0.25, 0.3) is 10.2 Å². The van der Waals surface area contributed by atoms with Crippen LogP contribution in [0.2, 0.25) is 0 Å². The van der Waals surface area contributed by atoms with E-state index in [1.165, 1.54) is 10.8 Å². The fraction of sp³-hybridized carbons (Fsp3) is 0.133. The smallest absolute Gasteiger partial charge is 0.123 e. The van der Waals surface area contributed by atoms with Gasteiger partial charge < -0.3 is 15.5 Å². The Morgan fingerprint density at radius 1 is 1.05 bits per heavy atom. The molecule has 0 radical (unpaired) electrons. The van der Waals surface area contributed by atoms with Gasteiger partial charge in [0.25, 0.3) is 0 Å². The zero-order valence-corrected chi connectivity index (χ0v) is 11.5. The van der Waals surface area contributed by atoms with Gasteiger partial charge in [-0.25, -0.2) is 4.98 Å². The van der Waals surface area contributed by atoms with Crippen LogP contribution in [0.5, 0.6) is 11.5 Å². The lowest BCUT2D eigenvalue weighted by molar-refractivity contribution is 0.443. The van der Waals surface area contributed by atoms with Crippen molar-refractivity contribution >= 4 is 21.6 Å². The third-order valence-electron chi connectivity index (χ3n) is 3.00. The molecule has 0 atom stereocenters. The number of hydrogen-bond donors (Lipinski definition) is 3. The molecule has 0 aliphatic rings. The molecular formula is C15H14N2O2S. The number of hydrogen-bond acceptors (Lipinski definition) is 5. The first-order chi connectivity index (χ1) is 9.72. The Morgan fingerprint density at radius 2 is 1.90 bits per heavy atom. The summed E-state index contributed by atoms with van der Waals surface area (Å²) in [5, 5.41) is 23.2. The summed E-state index contributed by atoms with van der Waals surface area (Å²) in [4.78, 5) is 4.53. The second-order valence-electron chi connectivity index (χ2n) is 4.49. The van der Waals surface area contributed by atoms with Gasteiger partial charge in [-0.3, -0.25) is 0 Å². The molecule has 0 saturated heterocycles. The molecule has 1 aromatic heterocycles. The summed E-state index contributed by atoms with van der Waals surface area (Å²) >= 11 is 1.66. The molecule has 3 N–H and O–H groups in total. The summed E-state index contributed by atoms with van der Waals surface area (Å²) in [7, 11) is 0. The van der Waals surface area contributed by atoms with Gasteiger partial charge in [0.05, 0.1) is 10.2 Å². The van der Waals surface area contributed by atoms with Crippen molar-refractivity contribution in [2.45, 2.75) is 13.1 Å². The number of thiazole rings is 1.